The number of ether oxygens (including phenoxy) is 2. The Morgan fingerprint density at radius 3 is 2.15 bits per heavy atom. The van der Waals surface area contributed by atoms with Crippen molar-refractivity contribution in [3.63, 3.8) is 0 Å². The van der Waals surface area contributed by atoms with Crippen LogP contribution < -0.4 is 10.1 Å². The standard InChI is InChI=1S/C17H13ClF3NO4/c1-10(25-16(24)11-2-4-12(18)5-3-11)15(23)22-13-6-8-14(9-7-13)26-17(19,20)21/h2-10H,1H3,(H,22,23). The topological polar surface area (TPSA) is 64.6 Å². The minimum Gasteiger partial charge on any atom is -0.449 e. The third-order valence-electron chi connectivity index (χ3n) is 3.09. The number of benzene rings is 2. The van der Waals surface area contributed by atoms with Gasteiger partial charge in [0, 0.05) is 10.7 Å². The van der Waals surface area contributed by atoms with Crippen LogP contribution in [-0.2, 0) is 9.53 Å². The monoisotopic (exact) mass is 387 g/mol. The summed E-state index contributed by atoms with van der Waals surface area (Å²) in [7, 11) is 0. The summed E-state index contributed by atoms with van der Waals surface area (Å²) in [6.07, 6.45) is -5.92. The van der Waals surface area contributed by atoms with Crippen molar-refractivity contribution in [1.82, 2.24) is 0 Å². The van der Waals surface area contributed by atoms with E-state index in [2.05, 4.69) is 10.1 Å². The van der Waals surface area contributed by atoms with E-state index in [1.54, 1.807) is 0 Å². The van der Waals surface area contributed by atoms with Crippen LogP contribution in [0.1, 0.15) is 17.3 Å². The summed E-state index contributed by atoms with van der Waals surface area (Å²) in [5.74, 6) is -1.77. The van der Waals surface area contributed by atoms with Crippen molar-refractivity contribution in [2.75, 3.05) is 5.32 Å². The Hall–Kier alpha value is -2.74. The lowest BCUT2D eigenvalue weighted by atomic mass is 10.2. The van der Waals surface area contributed by atoms with Gasteiger partial charge in [0.1, 0.15) is 5.75 Å². The van der Waals surface area contributed by atoms with Gasteiger partial charge in [0.05, 0.1) is 5.56 Å². The quantitative estimate of drug-likeness (QED) is 0.771. The maximum atomic E-state index is 12.1. The summed E-state index contributed by atoms with van der Waals surface area (Å²) in [5.41, 5.74) is 0.446. The normalized spacial score (nSPS) is 12.2. The zero-order valence-electron chi connectivity index (χ0n) is 13.3. The molecule has 0 bridgehead atoms. The molecule has 2 aromatic rings. The fourth-order valence-electron chi connectivity index (χ4n) is 1.85. The van der Waals surface area contributed by atoms with E-state index in [1.165, 1.54) is 43.3 Å². The third-order valence-corrected chi connectivity index (χ3v) is 3.34. The van der Waals surface area contributed by atoms with Crippen molar-refractivity contribution < 1.29 is 32.2 Å². The molecule has 26 heavy (non-hydrogen) atoms. The predicted molar refractivity (Wildman–Crippen MR) is 88.1 cm³/mol. The van der Waals surface area contributed by atoms with Gasteiger partial charge in [-0.15, -0.1) is 13.2 Å². The summed E-state index contributed by atoms with van der Waals surface area (Å²) >= 11 is 5.72. The van der Waals surface area contributed by atoms with E-state index in [0.29, 0.717) is 5.02 Å². The maximum absolute atomic E-state index is 12.1. The van der Waals surface area contributed by atoms with Gasteiger partial charge in [-0.25, -0.2) is 4.79 Å². The molecular formula is C17H13ClF3NO4. The second kappa shape index (κ2) is 8.09. The van der Waals surface area contributed by atoms with E-state index in [1.807, 2.05) is 0 Å². The van der Waals surface area contributed by atoms with Gasteiger partial charge in [-0.05, 0) is 55.5 Å². The molecule has 0 fully saturated rings. The highest BCUT2D eigenvalue weighted by molar-refractivity contribution is 6.30. The fourth-order valence-corrected chi connectivity index (χ4v) is 1.98. The van der Waals surface area contributed by atoms with Gasteiger partial charge in [0.15, 0.2) is 6.10 Å². The lowest BCUT2D eigenvalue weighted by molar-refractivity contribution is -0.274. The number of alkyl halides is 3. The summed E-state index contributed by atoms with van der Waals surface area (Å²) in [6.45, 7) is 1.37. The van der Waals surface area contributed by atoms with Gasteiger partial charge in [0.25, 0.3) is 5.91 Å². The molecule has 1 N–H and O–H groups in total. The number of halogens is 4. The van der Waals surface area contributed by atoms with Crippen molar-refractivity contribution in [3.05, 3.63) is 59.1 Å². The van der Waals surface area contributed by atoms with E-state index in [9.17, 15) is 22.8 Å². The minimum absolute atomic E-state index is 0.221. The van der Waals surface area contributed by atoms with Crippen LogP contribution >= 0.6 is 11.6 Å². The molecule has 2 aromatic carbocycles. The number of anilines is 1. The molecule has 138 valence electrons. The first-order chi connectivity index (χ1) is 12.1. The number of esters is 1. The van der Waals surface area contributed by atoms with Crippen LogP contribution in [0, 0.1) is 0 Å². The Labute approximate surface area is 151 Å². The van der Waals surface area contributed by atoms with E-state index in [-0.39, 0.29) is 11.3 Å². The molecule has 2 rings (SSSR count). The lowest BCUT2D eigenvalue weighted by Gasteiger charge is -2.14. The molecular weight excluding hydrogens is 375 g/mol. The highest BCUT2D eigenvalue weighted by Crippen LogP contribution is 2.24. The maximum Gasteiger partial charge on any atom is 0.573 e. The predicted octanol–water partition coefficient (Wildman–Crippen LogP) is 4.42. The van der Waals surface area contributed by atoms with Gasteiger partial charge in [-0.3, -0.25) is 4.79 Å². The number of rotatable bonds is 5. The third kappa shape index (κ3) is 5.96. The number of carbonyl (C=O) groups is 2. The van der Waals surface area contributed by atoms with Gasteiger partial charge in [0.2, 0.25) is 0 Å². The molecule has 9 heteroatoms. The first kappa shape index (κ1) is 19.6. The van der Waals surface area contributed by atoms with Crippen molar-refractivity contribution in [2.24, 2.45) is 0 Å². The second-order valence-corrected chi connectivity index (χ2v) is 5.55. The summed E-state index contributed by atoms with van der Waals surface area (Å²) < 4.78 is 45.0. The highest BCUT2D eigenvalue weighted by atomic mass is 35.5. The van der Waals surface area contributed by atoms with Crippen molar-refractivity contribution in [1.29, 1.82) is 0 Å². The number of hydrogen-bond acceptors (Lipinski definition) is 4. The van der Waals surface area contributed by atoms with Gasteiger partial charge in [-0.2, -0.15) is 0 Å². The molecule has 0 aromatic heterocycles. The van der Waals surface area contributed by atoms with Crippen molar-refractivity contribution in [2.45, 2.75) is 19.4 Å². The molecule has 0 heterocycles. The average Bonchev–Trinajstić information content (AvgIpc) is 2.55. The Bertz CT molecular complexity index is 776. The Morgan fingerprint density at radius 1 is 1.04 bits per heavy atom. The number of hydrogen-bond donors (Lipinski definition) is 1. The SMILES string of the molecule is CC(OC(=O)c1ccc(Cl)cc1)C(=O)Nc1ccc(OC(F)(F)F)cc1. The number of nitrogens with one attached hydrogen (secondary N) is 1. The average molecular weight is 388 g/mol. The Kier molecular flexibility index (Phi) is 6.10. The van der Waals surface area contributed by atoms with Crippen LogP contribution in [0.3, 0.4) is 0 Å². The van der Waals surface area contributed by atoms with Crippen LogP contribution in [0.25, 0.3) is 0 Å². The molecule has 0 aliphatic rings. The molecule has 5 nitrogen and oxygen atoms in total. The first-order valence-corrected chi connectivity index (χ1v) is 7.65. The van der Waals surface area contributed by atoms with Gasteiger partial charge >= 0.3 is 12.3 Å². The molecule has 1 amide bonds. The van der Waals surface area contributed by atoms with Crippen molar-refractivity contribution in [3.8, 4) is 5.75 Å². The lowest BCUT2D eigenvalue weighted by Crippen LogP contribution is -2.30. The number of carbonyl (C=O) groups excluding carboxylic acids is 2. The van der Waals surface area contributed by atoms with E-state index >= 15 is 0 Å². The van der Waals surface area contributed by atoms with Crippen LogP contribution in [0.15, 0.2) is 48.5 Å². The van der Waals surface area contributed by atoms with Gasteiger partial charge < -0.3 is 14.8 Å². The molecule has 0 saturated carbocycles. The molecule has 0 spiro atoms. The van der Waals surface area contributed by atoms with E-state index in [4.69, 9.17) is 16.3 Å². The molecule has 0 saturated heterocycles. The largest absolute Gasteiger partial charge is 0.573 e. The van der Waals surface area contributed by atoms with Crippen molar-refractivity contribution >= 4 is 29.2 Å². The van der Waals surface area contributed by atoms with E-state index in [0.717, 1.165) is 12.1 Å². The van der Waals surface area contributed by atoms with Crippen LogP contribution in [-0.4, -0.2) is 24.3 Å². The fraction of sp³-hybridized carbons (Fsp3) is 0.176. The molecule has 0 radical (unpaired) electrons. The van der Waals surface area contributed by atoms with Gasteiger partial charge in [-0.1, -0.05) is 11.6 Å². The second-order valence-electron chi connectivity index (χ2n) is 5.12. The smallest absolute Gasteiger partial charge is 0.449 e. The van der Waals surface area contributed by atoms with E-state index < -0.39 is 30.1 Å². The summed E-state index contributed by atoms with van der Waals surface area (Å²) in [4.78, 5) is 24.0. The molecule has 0 aliphatic carbocycles. The van der Waals surface area contributed by atoms with Crippen LogP contribution in [0.4, 0.5) is 18.9 Å². The summed E-state index contributed by atoms with van der Waals surface area (Å²) in [5, 5.41) is 2.87. The highest BCUT2D eigenvalue weighted by Gasteiger charge is 2.31. The van der Waals surface area contributed by atoms with Crippen LogP contribution in [0.5, 0.6) is 5.75 Å². The number of amides is 1. The zero-order valence-corrected chi connectivity index (χ0v) is 14.1. The first-order valence-electron chi connectivity index (χ1n) is 7.27. The summed E-state index contributed by atoms with van der Waals surface area (Å²) in [6, 6.07) is 10.5. The van der Waals surface area contributed by atoms with Crippen LogP contribution in [0.2, 0.25) is 5.02 Å². The Balaban J connectivity index is 1.92. The molecule has 0 aliphatic heterocycles. The molecule has 1 atom stereocenters. The zero-order chi connectivity index (χ0) is 19.3. The minimum atomic E-state index is -4.80. The Morgan fingerprint density at radius 2 is 1.62 bits per heavy atom. The molecule has 1 unspecified atom stereocenters.